The fourth-order valence-electron chi connectivity index (χ4n) is 2.03. The highest BCUT2D eigenvalue weighted by Gasteiger charge is 2.14. The summed E-state index contributed by atoms with van der Waals surface area (Å²) < 4.78 is 5.76. The van der Waals surface area contributed by atoms with Crippen molar-refractivity contribution in [2.24, 2.45) is 0 Å². The molecule has 15 heavy (non-hydrogen) atoms. The second kappa shape index (κ2) is 5.76. The Kier molecular flexibility index (Phi) is 4.03. The van der Waals surface area contributed by atoms with Gasteiger partial charge in [-0.2, -0.15) is 0 Å². The number of para-hydroxylation sites is 1. The molecule has 2 rings (SSSR count). The summed E-state index contributed by atoms with van der Waals surface area (Å²) in [7, 11) is 0. The molecule has 1 aliphatic rings. The zero-order valence-electron chi connectivity index (χ0n) is 9.11. The molecular weight excluding hydrogens is 186 g/mol. The Morgan fingerprint density at radius 2 is 1.87 bits per heavy atom. The van der Waals surface area contributed by atoms with Gasteiger partial charge in [0.2, 0.25) is 0 Å². The molecule has 0 saturated heterocycles. The monoisotopic (exact) mass is 205 g/mol. The first-order valence-corrected chi connectivity index (χ1v) is 5.86. The average molecular weight is 205 g/mol. The van der Waals surface area contributed by atoms with Crippen LogP contribution in [-0.4, -0.2) is 19.3 Å². The van der Waals surface area contributed by atoms with Crippen molar-refractivity contribution in [2.75, 3.05) is 18.5 Å². The maximum Gasteiger partial charge on any atom is 0.0642 e. The first kappa shape index (κ1) is 10.5. The van der Waals surface area contributed by atoms with Crippen LogP contribution in [-0.2, 0) is 4.74 Å². The normalized spacial score (nSPS) is 16.8. The maximum atomic E-state index is 5.76. The third-order valence-electron chi connectivity index (χ3n) is 2.86. The molecule has 1 aliphatic carbocycles. The predicted octanol–water partition coefficient (Wildman–Crippen LogP) is 3.06. The van der Waals surface area contributed by atoms with Gasteiger partial charge >= 0.3 is 0 Å². The fourth-order valence-corrected chi connectivity index (χ4v) is 2.03. The minimum Gasteiger partial charge on any atom is -0.383 e. The van der Waals surface area contributed by atoms with Gasteiger partial charge in [-0.3, -0.25) is 0 Å². The minimum absolute atomic E-state index is 0.530. The third kappa shape index (κ3) is 3.56. The van der Waals surface area contributed by atoms with Gasteiger partial charge in [0, 0.05) is 12.2 Å². The van der Waals surface area contributed by atoms with E-state index in [2.05, 4.69) is 17.4 Å². The highest BCUT2D eigenvalue weighted by Crippen LogP contribution is 2.20. The molecule has 2 nitrogen and oxygen atoms in total. The largest absolute Gasteiger partial charge is 0.383 e. The van der Waals surface area contributed by atoms with Crippen LogP contribution >= 0.6 is 0 Å². The summed E-state index contributed by atoms with van der Waals surface area (Å²) in [5.41, 5.74) is 1.17. The van der Waals surface area contributed by atoms with E-state index >= 15 is 0 Å². The van der Waals surface area contributed by atoms with Gasteiger partial charge in [0.05, 0.1) is 12.7 Å². The van der Waals surface area contributed by atoms with Crippen LogP contribution in [0.25, 0.3) is 0 Å². The molecule has 0 atom stereocenters. The maximum absolute atomic E-state index is 5.76. The molecule has 0 spiro atoms. The van der Waals surface area contributed by atoms with E-state index in [1.165, 1.54) is 31.4 Å². The van der Waals surface area contributed by atoms with E-state index in [9.17, 15) is 0 Å². The Morgan fingerprint density at radius 3 is 2.60 bits per heavy atom. The van der Waals surface area contributed by atoms with Crippen molar-refractivity contribution in [3.63, 3.8) is 0 Å². The number of rotatable bonds is 5. The second-order valence-electron chi connectivity index (χ2n) is 4.07. The van der Waals surface area contributed by atoms with Crippen LogP contribution < -0.4 is 5.32 Å². The lowest BCUT2D eigenvalue weighted by molar-refractivity contribution is 0.0659. The molecule has 82 valence electrons. The molecule has 0 heterocycles. The molecule has 0 bridgehead atoms. The van der Waals surface area contributed by atoms with E-state index in [-0.39, 0.29) is 0 Å². The first-order valence-electron chi connectivity index (χ1n) is 5.86. The van der Waals surface area contributed by atoms with E-state index in [0.717, 1.165) is 13.2 Å². The van der Waals surface area contributed by atoms with Crippen molar-refractivity contribution in [3.05, 3.63) is 30.3 Å². The van der Waals surface area contributed by atoms with Gasteiger partial charge in [0.15, 0.2) is 0 Å². The Labute approximate surface area is 91.6 Å². The van der Waals surface area contributed by atoms with Crippen LogP contribution in [0.5, 0.6) is 0 Å². The van der Waals surface area contributed by atoms with Crippen molar-refractivity contribution >= 4 is 5.69 Å². The average Bonchev–Trinajstić information content (AvgIpc) is 2.79. The standard InChI is InChI=1S/C13H19NO/c1-2-6-12(7-3-1)14-10-11-15-13-8-4-5-9-13/h1-3,6-7,13-14H,4-5,8-11H2. The van der Waals surface area contributed by atoms with Crippen LogP contribution in [0.1, 0.15) is 25.7 Å². The second-order valence-corrected chi connectivity index (χ2v) is 4.07. The zero-order chi connectivity index (χ0) is 10.3. The SMILES string of the molecule is c1ccc(NCCOC2CCCC2)cc1. The van der Waals surface area contributed by atoms with Crippen molar-refractivity contribution in [2.45, 2.75) is 31.8 Å². The number of hydrogen-bond donors (Lipinski definition) is 1. The zero-order valence-corrected chi connectivity index (χ0v) is 9.11. The molecule has 0 amide bonds. The van der Waals surface area contributed by atoms with Gasteiger partial charge < -0.3 is 10.1 Å². The summed E-state index contributed by atoms with van der Waals surface area (Å²) in [4.78, 5) is 0. The minimum atomic E-state index is 0.530. The molecule has 0 aliphatic heterocycles. The number of ether oxygens (including phenoxy) is 1. The van der Waals surface area contributed by atoms with Gasteiger partial charge in [-0.1, -0.05) is 31.0 Å². The van der Waals surface area contributed by atoms with Crippen LogP contribution in [0.2, 0.25) is 0 Å². The first-order chi connectivity index (χ1) is 7.45. The molecule has 1 fully saturated rings. The van der Waals surface area contributed by atoms with Crippen molar-refractivity contribution in [3.8, 4) is 0 Å². The summed E-state index contributed by atoms with van der Waals surface area (Å²) in [5, 5.41) is 3.34. The van der Waals surface area contributed by atoms with Crippen molar-refractivity contribution in [1.29, 1.82) is 0 Å². The lowest BCUT2D eigenvalue weighted by atomic mass is 10.3. The molecule has 2 heteroatoms. The van der Waals surface area contributed by atoms with Gasteiger partial charge in [-0.15, -0.1) is 0 Å². The van der Waals surface area contributed by atoms with Gasteiger partial charge in [-0.25, -0.2) is 0 Å². The van der Waals surface area contributed by atoms with E-state index in [1.807, 2.05) is 18.2 Å². The van der Waals surface area contributed by atoms with Crippen LogP contribution in [0.4, 0.5) is 5.69 Å². The fraction of sp³-hybridized carbons (Fsp3) is 0.538. The Balaban J connectivity index is 1.59. The molecule has 0 unspecified atom stereocenters. The molecule has 1 aromatic rings. The van der Waals surface area contributed by atoms with Crippen LogP contribution in [0.15, 0.2) is 30.3 Å². The van der Waals surface area contributed by atoms with Crippen LogP contribution in [0.3, 0.4) is 0 Å². The van der Waals surface area contributed by atoms with Crippen molar-refractivity contribution < 1.29 is 4.74 Å². The highest BCUT2D eigenvalue weighted by molar-refractivity contribution is 5.42. The van der Waals surface area contributed by atoms with Crippen molar-refractivity contribution in [1.82, 2.24) is 0 Å². The summed E-state index contributed by atoms with van der Waals surface area (Å²) >= 11 is 0. The summed E-state index contributed by atoms with van der Waals surface area (Å²) in [5.74, 6) is 0. The number of anilines is 1. The van der Waals surface area contributed by atoms with E-state index in [4.69, 9.17) is 4.74 Å². The molecule has 1 saturated carbocycles. The Hall–Kier alpha value is -1.02. The van der Waals surface area contributed by atoms with Gasteiger partial charge in [-0.05, 0) is 25.0 Å². The number of hydrogen-bond acceptors (Lipinski definition) is 2. The molecule has 1 aromatic carbocycles. The third-order valence-corrected chi connectivity index (χ3v) is 2.86. The van der Waals surface area contributed by atoms with Crippen LogP contribution in [0, 0.1) is 0 Å². The van der Waals surface area contributed by atoms with Gasteiger partial charge in [0.1, 0.15) is 0 Å². The summed E-state index contributed by atoms with van der Waals surface area (Å²) in [6, 6.07) is 10.3. The lowest BCUT2D eigenvalue weighted by Gasteiger charge is -2.11. The van der Waals surface area contributed by atoms with E-state index in [1.54, 1.807) is 0 Å². The van der Waals surface area contributed by atoms with E-state index < -0.39 is 0 Å². The molecular formula is C13H19NO. The topological polar surface area (TPSA) is 21.3 Å². The summed E-state index contributed by atoms with van der Waals surface area (Å²) in [6.45, 7) is 1.72. The molecule has 1 N–H and O–H groups in total. The molecule has 0 radical (unpaired) electrons. The van der Waals surface area contributed by atoms with Gasteiger partial charge in [0.25, 0.3) is 0 Å². The lowest BCUT2D eigenvalue weighted by Crippen LogP contribution is -2.15. The summed E-state index contributed by atoms with van der Waals surface area (Å²) in [6.07, 6.45) is 5.73. The number of nitrogens with one attached hydrogen (secondary N) is 1. The Morgan fingerprint density at radius 1 is 1.13 bits per heavy atom. The predicted molar refractivity (Wildman–Crippen MR) is 63.1 cm³/mol. The Bertz CT molecular complexity index is 267. The molecule has 0 aromatic heterocycles. The smallest absolute Gasteiger partial charge is 0.0642 e. The van der Waals surface area contributed by atoms with E-state index in [0.29, 0.717) is 6.10 Å². The number of benzene rings is 1. The quantitative estimate of drug-likeness (QED) is 0.746. The highest BCUT2D eigenvalue weighted by atomic mass is 16.5.